The molecule has 0 saturated heterocycles. The molecule has 6 aromatic rings. The topological polar surface area (TPSA) is 36.9 Å². The van der Waals surface area contributed by atoms with Gasteiger partial charge < -0.3 is 9.47 Å². The van der Waals surface area contributed by atoms with Crippen LogP contribution in [-0.2, 0) is 35.2 Å². The summed E-state index contributed by atoms with van der Waals surface area (Å²) in [5.74, 6) is 1.31. The molecule has 6 aromatic carbocycles. The van der Waals surface area contributed by atoms with Gasteiger partial charge in [0.05, 0.1) is 0 Å². The predicted molar refractivity (Wildman–Crippen MR) is 173 cm³/mol. The van der Waals surface area contributed by atoms with Crippen molar-refractivity contribution in [3.05, 3.63) is 203 Å². The summed E-state index contributed by atoms with van der Waals surface area (Å²) < 4.78 is 12.5. The zero-order valence-corrected chi connectivity index (χ0v) is 24.4. The molecule has 0 atom stereocenters. The van der Waals surface area contributed by atoms with Crippen molar-refractivity contribution in [2.75, 3.05) is 0 Å². The van der Waals surface area contributed by atoms with E-state index >= 15 is 0 Å². The van der Waals surface area contributed by atoms with Crippen LogP contribution in [0, 0.1) is 0 Å². The normalized spacial score (nSPS) is 11.2. The molecule has 0 N–H and O–H groups in total. The number of hydrogen-bond donors (Lipinski definition) is 0. The molecule has 4 nitrogen and oxygen atoms in total. The Hall–Kier alpha value is -5.16. The van der Waals surface area contributed by atoms with Crippen LogP contribution in [0.25, 0.3) is 0 Å². The smallest absolute Gasteiger partial charge is 0.178 e. The van der Waals surface area contributed by atoms with Gasteiger partial charge in [-0.2, -0.15) is 0 Å². The largest absolute Gasteiger partial charge is 0.485 e. The maximum atomic E-state index is 6.52. The summed E-state index contributed by atoms with van der Waals surface area (Å²) in [6.07, 6.45) is 0. The van der Waals surface area contributed by atoms with Gasteiger partial charge >= 0.3 is 0 Å². The summed E-state index contributed by atoms with van der Waals surface area (Å²) in [6.45, 7) is 1.06. The van der Waals surface area contributed by atoms with Crippen molar-refractivity contribution in [2.24, 2.45) is 0 Å². The Balaban J connectivity index is 1.27. The molecule has 0 bridgehead atoms. The summed E-state index contributed by atoms with van der Waals surface area (Å²) >= 11 is 0. The highest BCUT2D eigenvalue weighted by molar-refractivity contribution is 5.47. The Bertz CT molecular complexity index is 1610. The minimum absolute atomic E-state index is 0.203. The van der Waals surface area contributed by atoms with Crippen molar-refractivity contribution in [3.8, 4) is 11.5 Å². The highest BCUT2D eigenvalue weighted by atomic mass is 17.2. The van der Waals surface area contributed by atoms with Crippen LogP contribution in [0.3, 0.4) is 0 Å². The van der Waals surface area contributed by atoms with Crippen molar-refractivity contribution < 1.29 is 19.2 Å². The van der Waals surface area contributed by atoms with Crippen LogP contribution in [0.1, 0.15) is 33.4 Å². The number of benzene rings is 6. The van der Waals surface area contributed by atoms with Gasteiger partial charge in [0, 0.05) is 0 Å². The average Bonchev–Trinajstić information content (AvgIpc) is 3.11. The molecule has 0 fully saturated rings. The van der Waals surface area contributed by atoms with Crippen molar-refractivity contribution in [1.82, 2.24) is 0 Å². The molecule has 4 heteroatoms. The third-order valence-corrected chi connectivity index (χ3v) is 7.43. The first-order chi connectivity index (χ1) is 21.8. The molecule has 0 heterocycles. The van der Waals surface area contributed by atoms with Crippen LogP contribution in [-0.4, -0.2) is 0 Å². The van der Waals surface area contributed by atoms with E-state index in [1.807, 2.05) is 133 Å². The van der Waals surface area contributed by atoms with Crippen molar-refractivity contribution in [2.45, 2.75) is 25.4 Å². The summed E-state index contributed by atoms with van der Waals surface area (Å²) in [7, 11) is 0. The van der Waals surface area contributed by atoms with Gasteiger partial charge in [-0.3, -0.25) is 0 Å². The summed E-state index contributed by atoms with van der Waals surface area (Å²) in [4.78, 5) is 12.7. The lowest BCUT2D eigenvalue weighted by Gasteiger charge is -2.34. The molecule has 0 spiro atoms. The first-order valence-corrected chi connectivity index (χ1v) is 14.7. The Morgan fingerprint density at radius 3 is 1.23 bits per heavy atom. The first-order valence-electron chi connectivity index (χ1n) is 14.7. The van der Waals surface area contributed by atoms with E-state index in [1.54, 1.807) is 0 Å². The minimum atomic E-state index is -0.977. The van der Waals surface area contributed by atoms with Crippen LogP contribution >= 0.6 is 0 Å². The van der Waals surface area contributed by atoms with E-state index in [2.05, 4.69) is 36.4 Å². The maximum absolute atomic E-state index is 6.52. The second-order valence-corrected chi connectivity index (χ2v) is 10.5. The summed E-state index contributed by atoms with van der Waals surface area (Å²) in [5, 5.41) is 0. The van der Waals surface area contributed by atoms with Crippen molar-refractivity contribution in [1.29, 1.82) is 0 Å². The number of hydrogen-bond acceptors (Lipinski definition) is 4. The van der Waals surface area contributed by atoms with Gasteiger partial charge in [-0.1, -0.05) is 158 Å². The molecule has 0 aliphatic rings. The molecule has 0 radical (unpaired) electrons. The Morgan fingerprint density at radius 1 is 0.364 bits per heavy atom. The quantitative estimate of drug-likeness (QED) is 0.0778. The van der Waals surface area contributed by atoms with E-state index in [4.69, 9.17) is 19.2 Å². The maximum Gasteiger partial charge on any atom is 0.178 e. The van der Waals surface area contributed by atoms with Crippen LogP contribution < -0.4 is 9.47 Å². The van der Waals surface area contributed by atoms with E-state index in [9.17, 15) is 0 Å². The highest BCUT2D eigenvalue weighted by Gasteiger charge is 2.39. The van der Waals surface area contributed by atoms with Crippen LogP contribution in [0.2, 0.25) is 0 Å². The van der Waals surface area contributed by atoms with E-state index < -0.39 is 5.60 Å². The first kappa shape index (κ1) is 28.9. The fourth-order valence-electron chi connectivity index (χ4n) is 5.19. The van der Waals surface area contributed by atoms with Crippen molar-refractivity contribution in [3.63, 3.8) is 0 Å². The minimum Gasteiger partial charge on any atom is -0.485 e. The zero-order chi connectivity index (χ0) is 29.9. The summed E-state index contributed by atoms with van der Waals surface area (Å²) in [5.41, 5.74) is 4.97. The van der Waals surface area contributed by atoms with E-state index in [-0.39, 0.29) is 6.61 Å². The van der Waals surface area contributed by atoms with Crippen molar-refractivity contribution >= 4 is 0 Å². The van der Waals surface area contributed by atoms with Crippen LogP contribution in [0.4, 0.5) is 0 Å². The molecule has 0 saturated carbocycles. The third kappa shape index (κ3) is 6.90. The monoisotopic (exact) mass is 578 g/mol. The molecule has 0 aromatic heterocycles. The van der Waals surface area contributed by atoms with Gasteiger partial charge in [0.2, 0.25) is 0 Å². The lowest BCUT2D eigenvalue weighted by molar-refractivity contribution is -0.353. The Labute approximate surface area is 259 Å². The van der Waals surface area contributed by atoms with Gasteiger partial charge in [-0.25, -0.2) is 9.78 Å². The van der Waals surface area contributed by atoms with Gasteiger partial charge in [-0.05, 0) is 45.5 Å². The van der Waals surface area contributed by atoms with E-state index in [0.29, 0.717) is 24.7 Å². The molecule has 0 amide bonds. The van der Waals surface area contributed by atoms with Gasteiger partial charge in [0.1, 0.15) is 19.8 Å². The molecule has 218 valence electrons. The van der Waals surface area contributed by atoms with Crippen LogP contribution in [0.15, 0.2) is 170 Å². The predicted octanol–water partition coefficient (Wildman–Crippen LogP) is 9.28. The number of ether oxygens (including phenoxy) is 2. The lowest BCUT2D eigenvalue weighted by atomic mass is 9.80. The fourth-order valence-corrected chi connectivity index (χ4v) is 5.19. The average molecular weight is 579 g/mol. The molecule has 0 aliphatic carbocycles. The van der Waals surface area contributed by atoms with E-state index in [1.165, 1.54) is 0 Å². The Kier molecular flexibility index (Phi) is 9.43. The SMILES string of the molecule is c1ccc(COc2ccc(COOC(c3ccccc3)(c3ccccc3)c3ccccc3)cc2OCc2ccccc2)cc1. The molecular weight excluding hydrogens is 544 g/mol. The lowest BCUT2D eigenvalue weighted by Crippen LogP contribution is -2.33. The van der Waals surface area contributed by atoms with Gasteiger partial charge in [0.15, 0.2) is 17.1 Å². The Morgan fingerprint density at radius 2 is 0.773 bits per heavy atom. The molecule has 0 unspecified atom stereocenters. The standard InChI is InChI=1S/C40H34O4/c1-6-16-32(17-7-1)29-41-38-27-26-34(28-39(38)42-30-33-18-8-2-9-19-33)31-43-44-40(35-20-10-3-11-21-35,36-22-12-4-13-23-36)37-24-14-5-15-25-37/h1-28H,29-31H2. The van der Waals surface area contributed by atoms with Gasteiger partial charge in [-0.15, -0.1) is 0 Å². The fraction of sp³-hybridized carbons (Fsp3) is 0.100. The molecular formula is C40H34O4. The summed E-state index contributed by atoms with van der Waals surface area (Å²) in [6, 6.07) is 56.6. The van der Waals surface area contributed by atoms with Crippen LogP contribution in [0.5, 0.6) is 11.5 Å². The van der Waals surface area contributed by atoms with E-state index in [0.717, 1.165) is 33.4 Å². The molecule has 0 aliphatic heterocycles. The molecule has 44 heavy (non-hydrogen) atoms. The third-order valence-electron chi connectivity index (χ3n) is 7.43. The highest BCUT2D eigenvalue weighted by Crippen LogP contribution is 2.41. The second-order valence-electron chi connectivity index (χ2n) is 10.5. The molecule has 6 rings (SSSR count). The number of rotatable bonds is 13. The van der Waals surface area contributed by atoms with Gasteiger partial charge in [0.25, 0.3) is 0 Å². The zero-order valence-electron chi connectivity index (χ0n) is 24.4. The second kappa shape index (κ2) is 14.3.